The van der Waals surface area contributed by atoms with Crippen LogP contribution in [0.1, 0.15) is 19.8 Å². The van der Waals surface area contributed by atoms with Crippen molar-refractivity contribution in [2.24, 2.45) is 0 Å². The van der Waals surface area contributed by atoms with Crippen molar-refractivity contribution in [3.8, 4) is 0 Å². The molecule has 0 aliphatic heterocycles. The number of hydrogen-bond acceptors (Lipinski definition) is 6. The molecule has 0 aliphatic carbocycles. The van der Waals surface area contributed by atoms with Gasteiger partial charge in [0.2, 0.25) is 8.32 Å². The number of hydrogen-bond donors (Lipinski definition) is 2. The number of rotatable bonds is 15. The van der Waals surface area contributed by atoms with Crippen molar-refractivity contribution < 1.29 is 28.5 Å². The van der Waals surface area contributed by atoms with Crippen molar-refractivity contribution in [3.05, 3.63) is 0 Å². The summed E-state index contributed by atoms with van der Waals surface area (Å²) in [6.07, 6.45) is 1.73. The molecular weight excluding hydrogens is 332 g/mol. The van der Waals surface area contributed by atoms with Crippen molar-refractivity contribution in [3.63, 3.8) is 0 Å². The molecule has 0 aromatic rings. The molecule has 0 aromatic heterocycles. The van der Waals surface area contributed by atoms with Gasteiger partial charge >= 0.3 is 0 Å². The van der Waals surface area contributed by atoms with E-state index in [0.29, 0.717) is 19.3 Å². The first kappa shape index (κ1) is 23.2. The highest BCUT2D eigenvalue weighted by Crippen LogP contribution is 2.13. The Morgan fingerprint density at radius 3 is 2.04 bits per heavy atom. The van der Waals surface area contributed by atoms with Crippen LogP contribution in [0, 0.1) is 0 Å². The summed E-state index contributed by atoms with van der Waals surface area (Å²) in [5.41, 5.74) is 0. The lowest BCUT2D eigenvalue weighted by Gasteiger charge is -2.25. The fraction of sp³-hybridized carbons (Fsp3) is 1.00. The predicted molar refractivity (Wildman–Crippen MR) is 96.5 cm³/mol. The Labute approximate surface area is 143 Å². The molecule has 6 nitrogen and oxygen atoms in total. The van der Waals surface area contributed by atoms with Gasteiger partial charge in [-0.05, 0) is 44.9 Å². The summed E-state index contributed by atoms with van der Waals surface area (Å²) in [5, 5.41) is 18.7. The van der Waals surface area contributed by atoms with Gasteiger partial charge in [-0.3, -0.25) is 0 Å². The molecule has 0 amide bonds. The molecular formula is C15H36O6Si2. The molecule has 0 rings (SSSR count). The zero-order valence-electron chi connectivity index (χ0n) is 15.5. The molecule has 1 unspecified atom stereocenters. The lowest BCUT2D eigenvalue weighted by atomic mass is 10.4. The second-order valence-electron chi connectivity index (χ2n) is 6.63. The Kier molecular flexibility index (Phi) is 12.6. The molecule has 8 heteroatoms. The molecule has 0 saturated heterocycles. The van der Waals surface area contributed by atoms with Crippen LogP contribution < -0.4 is 0 Å². The summed E-state index contributed by atoms with van der Waals surface area (Å²) >= 11 is 0. The first-order valence-electron chi connectivity index (χ1n) is 8.36. The van der Waals surface area contributed by atoms with E-state index in [4.69, 9.17) is 18.3 Å². The van der Waals surface area contributed by atoms with E-state index in [9.17, 15) is 10.2 Å². The summed E-state index contributed by atoms with van der Waals surface area (Å²) in [5.74, 6) is 0. The van der Waals surface area contributed by atoms with Crippen molar-refractivity contribution in [1.82, 2.24) is 0 Å². The molecule has 2 N–H and O–H groups in total. The average Bonchev–Trinajstić information content (AvgIpc) is 2.55. The van der Waals surface area contributed by atoms with Crippen LogP contribution in [0.2, 0.25) is 25.2 Å². The highest BCUT2D eigenvalue weighted by molar-refractivity contribution is 6.73. The van der Waals surface area contributed by atoms with Gasteiger partial charge in [0.25, 0.3) is 0 Å². The van der Waals surface area contributed by atoms with E-state index < -0.39 is 16.6 Å². The molecule has 0 fully saturated rings. The molecule has 0 bridgehead atoms. The minimum absolute atomic E-state index is 0.0459. The van der Waals surface area contributed by atoms with E-state index in [1.54, 1.807) is 14.2 Å². The van der Waals surface area contributed by atoms with Gasteiger partial charge in [0.1, 0.15) is 0 Å². The molecule has 1 atom stereocenters. The highest BCUT2D eigenvalue weighted by atomic mass is 28.4. The van der Waals surface area contributed by atoms with Gasteiger partial charge in [-0.2, -0.15) is 0 Å². The summed E-state index contributed by atoms with van der Waals surface area (Å²) in [6.45, 7) is 8.32. The van der Waals surface area contributed by atoms with Crippen molar-refractivity contribution in [2.45, 2.75) is 51.1 Å². The summed E-state index contributed by atoms with van der Waals surface area (Å²) in [4.78, 5) is 0. The third-order valence-electron chi connectivity index (χ3n) is 4.16. The Bertz CT molecular complexity index is 279. The minimum atomic E-state index is -2.36. The van der Waals surface area contributed by atoms with Crippen LogP contribution >= 0.6 is 0 Å². The SMILES string of the molecule is CO[Si](C)(C)CCCOCC(C)OCCC[Si](CO)(CO)OC. The molecule has 0 spiro atoms. The normalized spacial score (nSPS) is 14.2. The Hall–Kier alpha value is 0.194. The molecule has 23 heavy (non-hydrogen) atoms. The zero-order chi connectivity index (χ0) is 17.8. The largest absolute Gasteiger partial charge is 0.420 e. The van der Waals surface area contributed by atoms with Crippen LogP contribution in [-0.4, -0.2) is 79.5 Å². The van der Waals surface area contributed by atoms with Crippen LogP contribution in [0.25, 0.3) is 0 Å². The van der Waals surface area contributed by atoms with Crippen LogP contribution in [0.15, 0.2) is 0 Å². The van der Waals surface area contributed by atoms with Gasteiger partial charge in [0.15, 0.2) is 8.32 Å². The summed E-state index contributed by atoms with van der Waals surface area (Å²) in [6, 6.07) is 1.80. The molecule has 0 radical (unpaired) electrons. The van der Waals surface area contributed by atoms with Gasteiger partial charge in [0, 0.05) is 27.4 Å². The van der Waals surface area contributed by atoms with Crippen LogP contribution in [0.4, 0.5) is 0 Å². The summed E-state index contributed by atoms with van der Waals surface area (Å²) in [7, 11) is -0.476. The van der Waals surface area contributed by atoms with Gasteiger partial charge in [-0.15, -0.1) is 0 Å². The summed E-state index contributed by atoms with van der Waals surface area (Å²) < 4.78 is 22.2. The number of aliphatic hydroxyl groups is 2. The third-order valence-corrected chi connectivity index (χ3v) is 10.1. The van der Waals surface area contributed by atoms with E-state index in [1.807, 2.05) is 6.92 Å². The monoisotopic (exact) mass is 368 g/mol. The first-order valence-corrected chi connectivity index (χ1v) is 14.0. The topological polar surface area (TPSA) is 77.4 Å². The quantitative estimate of drug-likeness (QED) is 0.338. The third kappa shape index (κ3) is 10.6. The van der Waals surface area contributed by atoms with E-state index >= 15 is 0 Å². The Balaban J connectivity index is 3.67. The predicted octanol–water partition coefficient (Wildman–Crippen LogP) is 1.69. The first-order chi connectivity index (χ1) is 10.8. The smallest absolute Gasteiger partial charge is 0.242 e. The van der Waals surface area contributed by atoms with E-state index in [0.717, 1.165) is 25.5 Å². The van der Waals surface area contributed by atoms with Gasteiger partial charge in [-0.1, -0.05) is 0 Å². The standard InChI is InChI=1S/C15H36O6Si2/c1-15(12-20-8-6-10-22(4,5)18-2)21-9-7-11-23(13-16,14-17)19-3/h15-17H,6-14H2,1-5H3. The average molecular weight is 369 g/mol. The molecule has 0 heterocycles. The van der Waals surface area contributed by atoms with Crippen molar-refractivity contribution in [2.75, 3.05) is 46.5 Å². The minimum Gasteiger partial charge on any atom is -0.420 e. The maximum absolute atomic E-state index is 9.34. The van der Waals surface area contributed by atoms with E-state index in [1.165, 1.54) is 0 Å². The Morgan fingerprint density at radius 2 is 1.52 bits per heavy atom. The van der Waals surface area contributed by atoms with Crippen LogP contribution in [0.3, 0.4) is 0 Å². The van der Waals surface area contributed by atoms with E-state index in [2.05, 4.69) is 13.1 Å². The lowest BCUT2D eigenvalue weighted by Crippen LogP contribution is -2.46. The van der Waals surface area contributed by atoms with Crippen LogP contribution in [0.5, 0.6) is 0 Å². The van der Waals surface area contributed by atoms with Gasteiger partial charge < -0.3 is 28.5 Å². The maximum Gasteiger partial charge on any atom is 0.242 e. The Morgan fingerprint density at radius 1 is 0.913 bits per heavy atom. The molecule has 0 aliphatic rings. The fourth-order valence-corrected chi connectivity index (χ4v) is 4.98. The van der Waals surface area contributed by atoms with Crippen LogP contribution in [-0.2, 0) is 18.3 Å². The lowest BCUT2D eigenvalue weighted by molar-refractivity contribution is -0.00658. The second kappa shape index (κ2) is 12.5. The highest BCUT2D eigenvalue weighted by Gasteiger charge is 2.32. The number of aliphatic hydroxyl groups excluding tert-OH is 2. The fourth-order valence-electron chi connectivity index (χ4n) is 2.12. The van der Waals surface area contributed by atoms with Gasteiger partial charge in [-0.25, -0.2) is 0 Å². The van der Waals surface area contributed by atoms with E-state index in [-0.39, 0.29) is 18.6 Å². The zero-order valence-corrected chi connectivity index (χ0v) is 17.5. The van der Waals surface area contributed by atoms with Crippen molar-refractivity contribution >= 4 is 16.6 Å². The maximum atomic E-state index is 9.34. The number of ether oxygens (including phenoxy) is 2. The second-order valence-corrected chi connectivity index (χ2v) is 15.0. The molecule has 0 aromatic carbocycles. The molecule has 0 saturated carbocycles. The van der Waals surface area contributed by atoms with Crippen molar-refractivity contribution in [1.29, 1.82) is 0 Å². The van der Waals surface area contributed by atoms with Gasteiger partial charge in [0.05, 0.1) is 25.2 Å². The molecule has 140 valence electrons.